The average Bonchev–Trinajstić information content (AvgIpc) is 2.53. The molecular formula is C20H32O4. The van der Waals surface area contributed by atoms with Crippen LogP contribution < -0.4 is 0 Å². The molecule has 4 nitrogen and oxygen atoms in total. The first-order valence-corrected chi connectivity index (χ1v) is 9.23. The number of Topliss-reactive ketones (excluding diaryl/α,β-unsaturated/α-hetero) is 1. The summed E-state index contributed by atoms with van der Waals surface area (Å²) in [6.07, 6.45) is 15.8. The molecule has 0 aliphatic heterocycles. The highest BCUT2D eigenvalue weighted by Gasteiger charge is 2.40. The van der Waals surface area contributed by atoms with E-state index in [9.17, 15) is 9.59 Å². The lowest BCUT2D eigenvalue weighted by atomic mass is 9.84. The molecule has 0 aromatic carbocycles. The molecule has 1 aliphatic carbocycles. The number of ketones is 1. The number of carbonyl (C=O) groups is 2. The minimum atomic E-state index is -1.09. The highest BCUT2D eigenvalue weighted by atomic mass is 16.6. The average molecular weight is 336 g/mol. The standard InChI is InChI=1S/C20H32O4/c1-17-13-12-15-20(19(17)23,24-18(2)22)14-10-8-6-4-3-5-7-9-11-16-21/h12-13,15,21H,3-11,14,16H2,1-2H3. The van der Waals surface area contributed by atoms with E-state index in [-0.39, 0.29) is 5.78 Å². The molecule has 0 saturated heterocycles. The first-order valence-electron chi connectivity index (χ1n) is 9.23. The van der Waals surface area contributed by atoms with Crippen LogP contribution in [-0.4, -0.2) is 29.1 Å². The number of ether oxygens (including phenoxy) is 1. The summed E-state index contributed by atoms with van der Waals surface area (Å²) < 4.78 is 5.41. The number of hydrogen-bond donors (Lipinski definition) is 1. The predicted octanol–water partition coefficient (Wildman–Crippen LogP) is 4.27. The van der Waals surface area contributed by atoms with E-state index in [1.807, 2.05) is 6.08 Å². The normalized spacial score (nSPS) is 20.1. The van der Waals surface area contributed by atoms with Gasteiger partial charge < -0.3 is 9.84 Å². The van der Waals surface area contributed by atoms with Gasteiger partial charge in [-0.25, -0.2) is 0 Å². The zero-order valence-electron chi connectivity index (χ0n) is 15.2. The Kier molecular flexibility index (Phi) is 9.62. The summed E-state index contributed by atoms with van der Waals surface area (Å²) in [5.74, 6) is -0.505. The molecule has 0 amide bonds. The largest absolute Gasteiger partial charge is 0.447 e. The lowest BCUT2D eigenvalue weighted by Crippen LogP contribution is -2.42. The predicted molar refractivity (Wildman–Crippen MR) is 95.7 cm³/mol. The lowest BCUT2D eigenvalue weighted by molar-refractivity contribution is -0.159. The van der Waals surface area contributed by atoms with Crippen LogP contribution in [0.25, 0.3) is 0 Å². The van der Waals surface area contributed by atoms with Crippen molar-refractivity contribution in [2.75, 3.05) is 6.61 Å². The smallest absolute Gasteiger partial charge is 0.303 e. The van der Waals surface area contributed by atoms with Crippen molar-refractivity contribution in [3.05, 3.63) is 23.8 Å². The number of aliphatic hydroxyl groups is 1. The highest BCUT2D eigenvalue weighted by Crippen LogP contribution is 2.29. The second-order valence-corrected chi connectivity index (χ2v) is 6.68. The molecule has 1 N–H and O–H groups in total. The fourth-order valence-electron chi connectivity index (χ4n) is 3.15. The molecular weight excluding hydrogens is 304 g/mol. The molecule has 24 heavy (non-hydrogen) atoms. The Morgan fingerprint density at radius 1 is 1.04 bits per heavy atom. The van der Waals surface area contributed by atoms with E-state index >= 15 is 0 Å². The number of aliphatic hydroxyl groups excluding tert-OH is 1. The third-order valence-corrected chi connectivity index (χ3v) is 4.49. The lowest BCUT2D eigenvalue weighted by Gasteiger charge is -2.30. The van der Waals surface area contributed by atoms with Crippen LogP contribution in [0.1, 0.15) is 78.1 Å². The Morgan fingerprint density at radius 3 is 2.12 bits per heavy atom. The zero-order valence-corrected chi connectivity index (χ0v) is 15.2. The monoisotopic (exact) mass is 336 g/mol. The Balaban J connectivity index is 2.27. The molecule has 1 rings (SSSR count). The van der Waals surface area contributed by atoms with Gasteiger partial charge in [-0.05, 0) is 37.8 Å². The molecule has 0 heterocycles. The van der Waals surface area contributed by atoms with Gasteiger partial charge in [-0.3, -0.25) is 9.59 Å². The van der Waals surface area contributed by atoms with Crippen LogP contribution in [0.4, 0.5) is 0 Å². The van der Waals surface area contributed by atoms with Crippen molar-refractivity contribution in [1.29, 1.82) is 0 Å². The molecule has 0 bridgehead atoms. The molecule has 1 atom stereocenters. The van der Waals surface area contributed by atoms with Crippen LogP contribution in [0.2, 0.25) is 0 Å². The molecule has 4 heteroatoms. The van der Waals surface area contributed by atoms with Crippen molar-refractivity contribution in [2.24, 2.45) is 0 Å². The fraction of sp³-hybridized carbons (Fsp3) is 0.700. The van der Waals surface area contributed by atoms with Crippen LogP contribution in [-0.2, 0) is 14.3 Å². The van der Waals surface area contributed by atoms with Crippen molar-refractivity contribution in [2.45, 2.75) is 83.7 Å². The Morgan fingerprint density at radius 2 is 1.58 bits per heavy atom. The van der Waals surface area contributed by atoms with Gasteiger partial charge in [0.15, 0.2) is 5.60 Å². The van der Waals surface area contributed by atoms with Crippen molar-refractivity contribution >= 4 is 11.8 Å². The summed E-state index contributed by atoms with van der Waals surface area (Å²) in [5, 5.41) is 8.72. The van der Waals surface area contributed by atoms with Crippen molar-refractivity contribution in [1.82, 2.24) is 0 Å². The first kappa shape index (κ1) is 20.6. The maximum Gasteiger partial charge on any atom is 0.303 e. The van der Waals surface area contributed by atoms with Crippen LogP contribution in [0.5, 0.6) is 0 Å². The maximum absolute atomic E-state index is 12.5. The quantitative estimate of drug-likeness (QED) is 0.427. The van der Waals surface area contributed by atoms with E-state index in [2.05, 4.69) is 0 Å². The molecule has 0 fully saturated rings. The Bertz CT molecular complexity index is 464. The van der Waals surface area contributed by atoms with Crippen molar-refractivity contribution in [3.63, 3.8) is 0 Å². The molecule has 0 spiro atoms. The Hall–Kier alpha value is -1.42. The van der Waals surface area contributed by atoms with Crippen molar-refractivity contribution < 1.29 is 19.4 Å². The van der Waals surface area contributed by atoms with Gasteiger partial charge in [0.25, 0.3) is 0 Å². The number of allylic oxidation sites excluding steroid dienone is 2. The number of rotatable bonds is 12. The van der Waals surface area contributed by atoms with Gasteiger partial charge in [-0.15, -0.1) is 0 Å². The summed E-state index contributed by atoms with van der Waals surface area (Å²) in [4.78, 5) is 23.9. The minimum absolute atomic E-state index is 0.0934. The molecule has 0 radical (unpaired) electrons. The van der Waals surface area contributed by atoms with Crippen LogP contribution >= 0.6 is 0 Å². The van der Waals surface area contributed by atoms with E-state index in [1.54, 1.807) is 19.1 Å². The summed E-state index contributed by atoms with van der Waals surface area (Å²) in [7, 11) is 0. The molecule has 136 valence electrons. The van der Waals surface area contributed by atoms with Crippen LogP contribution in [0.15, 0.2) is 23.8 Å². The van der Waals surface area contributed by atoms with Gasteiger partial charge in [-0.2, -0.15) is 0 Å². The van der Waals surface area contributed by atoms with Gasteiger partial charge in [0.2, 0.25) is 5.78 Å². The summed E-state index contributed by atoms with van der Waals surface area (Å²) >= 11 is 0. The minimum Gasteiger partial charge on any atom is -0.447 e. The Labute approximate surface area is 146 Å². The maximum atomic E-state index is 12.5. The highest BCUT2D eigenvalue weighted by molar-refractivity contribution is 6.05. The summed E-state index contributed by atoms with van der Waals surface area (Å²) in [6, 6.07) is 0. The molecule has 0 aromatic heterocycles. The summed E-state index contributed by atoms with van der Waals surface area (Å²) in [6.45, 7) is 3.42. The summed E-state index contributed by atoms with van der Waals surface area (Å²) in [5.41, 5.74) is -0.448. The number of unbranched alkanes of at least 4 members (excludes halogenated alkanes) is 8. The first-order chi connectivity index (χ1) is 11.5. The topological polar surface area (TPSA) is 63.6 Å². The molecule has 1 aliphatic rings. The third-order valence-electron chi connectivity index (χ3n) is 4.49. The number of carbonyl (C=O) groups excluding carboxylic acids is 2. The van der Waals surface area contributed by atoms with Crippen molar-refractivity contribution in [3.8, 4) is 0 Å². The number of hydrogen-bond acceptors (Lipinski definition) is 4. The number of esters is 1. The van der Waals surface area contributed by atoms with E-state index in [0.717, 1.165) is 32.1 Å². The van der Waals surface area contributed by atoms with E-state index in [4.69, 9.17) is 9.84 Å². The van der Waals surface area contributed by atoms with Gasteiger partial charge in [-0.1, -0.05) is 57.1 Å². The van der Waals surface area contributed by atoms with Crippen LogP contribution in [0.3, 0.4) is 0 Å². The molecule has 1 unspecified atom stereocenters. The van der Waals surface area contributed by atoms with Gasteiger partial charge in [0.1, 0.15) is 0 Å². The SMILES string of the molecule is CC(=O)OC1(CCCCCCCCCCCO)C=CC=C(C)C1=O. The van der Waals surface area contributed by atoms with E-state index in [1.165, 1.54) is 32.6 Å². The fourth-order valence-corrected chi connectivity index (χ4v) is 3.15. The second kappa shape index (κ2) is 11.2. The zero-order chi connectivity index (χ0) is 17.8. The van der Waals surface area contributed by atoms with E-state index < -0.39 is 11.6 Å². The third kappa shape index (κ3) is 7.00. The molecule has 0 saturated carbocycles. The van der Waals surface area contributed by atoms with Gasteiger partial charge in [0, 0.05) is 13.5 Å². The van der Waals surface area contributed by atoms with Crippen LogP contribution in [0, 0.1) is 0 Å². The molecule has 0 aromatic rings. The van der Waals surface area contributed by atoms with E-state index in [0.29, 0.717) is 18.6 Å². The van der Waals surface area contributed by atoms with Gasteiger partial charge in [0.05, 0.1) is 0 Å². The second-order valence-electron chi connectivity index (χ2n) is 6.68. The van der Waals surface area contributed by atoms with Gasteiger partial charge >= 0.3 is 5.97 Å².